The zero-order valence-corrected chi connectivity index (χ0v) is 17.3. The number of aromatic nitrogens is 1. The van der Waals surface area contributed by atoms with Crippen molar-refractivity contribution in [1.29, 1.82) is 0 Å². The number of hydrogen-bond acceptors (Lipinski definition) is 9. The lowest BCUT2D eigenvalue weighted by Gasteiger charge is -2.13. The maximum Gasteiger partial charge on any atom is 0.326 e. The molecule has 0 atom stereocenters. The van der Waals surface area contributed by atoms with E-state index in [-0.39, 0.29) is 22.6 Å². The van der Waals surface area contributed by atoms with E-state index in [4.69, 9.17) is 9.47 Å². The van der Waals surface area contributed by atoms with Crippen LogP contribution in [-0.4, -0.2) is 44.6 Å². The Labute approximate surface area is 181 Å². The number of nitrogens with zero attached hydrogens (tertiary/aromatic N) is 3. The van der Waals surface area contributed by atoms with Gasteiger partial charge in [-0.15, -0.1) is 0 Å². The Morgan fingerprint density at radius 1 is 1.23 bits per heavy atom. The number of thioether (sulfide) groups is 1. The highest BCUT2D eigenvalue weighted by molar-refractivity contribution is 8.18. The lowest BCUT2D eigenvalue weighted by atomic mass is 10.2. The Balaban J connectivity index is 1.65. The van der Waals surface area contributed by atoms with Crippen molar-refractivity contribution in [2.24, 2.45) is 0 Å². The molecule has 0 unspecified atom stereocenters. The van der Waals surface area contributed by atoms with Gasteiger partial charge < -0.3 is 9.47 Å². The highest BCUT2D eigenvalue weighted by atomic mass is 32.2. The average Bonchev–Trinajstić information content (AvgIpc) is 2.96. The molecule has 2 aromatic rings. The second kappa shape index (κ2) is 9.39. The molecule has 2 heterocycles. The molecule has 0 saturated carbocycles. The number of esters is 1. The number of imide groups is 1. The summed E-state index contributed by atoms with van der Waals surface area (Å²) in [5, 5.41) is 10.1. The number of pyridine rings is 1. The molecule has 1 aromatic heterocycles. The summed E-state index contributed by atoms with van der Waals surface area (Å²) in [6.07, 6.45) is 2.29. The summed E-state index contributed by atoms with van der Waals surface area (Å²) in [5.74, 6) is -0.596. The van der Waals surface area contributed by atoms with Crippen molar-refractivity contribution in [2.45, 2.75) is 20.0 Å². The van der Waals surface area contributed by atoms with Crippen LogP contribution in [0.15, 0.2) is 47.5 Å². The molecule has 11 heteroatoms. The molecule has 0 spiro atoms. The first-order valence-electron chi connectivity index (χ1n) is 9.06. The number of ether oxygens (including phenoxy) is 2. The number of nitro groups is 1. The first kappa shape index (κ1) is 22.0. The van der Waals surface area contributed by atoms with Gasteiger partial charge in [0.15, 0.2) is 0 Å². The van der Waals surface area contributed by atoms with Gasteiger partial charge in [0, 0.05) is 12.1 Å². The van der Waals surface area contributed by atoms with Crippen LogP contribution in [0.1, 0.15) is 19.4 Å². The van der Waals surface area contributed by atoms with Crippen LogP contribution < -0.4 is 4.74 Å². The van der Waals surface area contributed by atoms with Crippen LogP contribution in [0.4, 0.5) is 10.5 Å². The van der Waals surface area contributed by atoms with Crippen molar-refractivity contribution < 1.29 is 28.8 Å². The fraction of sp³-hybridized carbons (Fsp3) is 0.200. The fourth-order valence-electron chi connectivity index (χ4n) is 2.51. The van der Waals surface area contributed by atoms with Crippen LogP contribution in [0.5, 0.6) is 11.6 Å². The molecule has 10 nitrogen and oxygen atoms in total. The van der Waals surface area contributed by atoms with E-state index < -0.39 is 28.6 Å². The number of carbonyl (C=O) groups is 3. The smallest absolute Gasteiger partial charge is 0.326 e. The summed E-state index contributed by atoms with van der Waals surface area (Å²) in [7, 11) is 0. The molecule has 1 saturated heterocycles. The van der Waals surface area contributed by atoms with E-state index >= 15 is 0 Å². The van der Waals surface area contributed by atoms with Gasteiger partial charge in [0.1, 0.15) is 18.5 Å². The second-order valence-electron chi connectivity index (χ2n) is 6.59. The number of rotatable bonds is 7. The van der Waals surface area contributed by atoms with Gasteiger partial charge in [-0.2, -0.15) is 0 Å². The topological polar surface area (TPSA) is 129 Å². The third-order valence-corrected chi connectivity index (χ3v) is 4.77. The number of amides is 2. The number of benzene rings is 1. The Morgan fingerprint density at radius 2 is 1.94 bits per heavy atom. The van der Waals surface area contributed by atoms with Crippen LogP contribution in [-0.2, 0) is 14.3 Å². The monoisotopic (exact) mass is 443 g/mol. The zero-order chi connectivity index (χ0) is 22.5. The van der Waals surface area contributed by atoms with Crippen LogP contribution in [0, 0.1) is 10.1 Å². The lowest BCUT2D eigenvalue weighted by Crippen LogP contribution is -2.35. The van der Waals surface area contributed by atoms with E-state index in [0.717, 1.165) is 22.9 Å². The maximum absolute atomic E-state index is 12.5. The van der Waals surface area contributed by atoms with Gasteiger partial charge in [-0.3, -0.25) is 29.4 Å². The first-order chi connectivity index (χ1) is 14.7. The quantitative estimate of drug-likeness (QED) is 0.272. The summed E-state index contributed by atoms with van der Waals surface area (Å²) in [6, 6.07) is 9.25. The van der Waals surface area contributed by atoms with Gasteiger partial charge in [0.05, 0.1) is 15.9 Å². The number of carbonyl (C=O) groups excluding carboxylic acids is 3. The molecule has 3 rings (SSSR count). The molecule has 2 amide bonds. The van der Waals surface area contributed by atoms with Crippen LogP contribution in [0.25, 0.3) is 6.08 Å². The zero-order valence-electron chi connectivity index (χ0n) is 16.5. The molecular formula is C20H17N3O7S. The van der Waals surface area contributed by atoms with Crippen LogP contribution >= 0.6 is 11.8 Å². The molecule has 0 radical (unpaired) electrons. The first-order valence-corrected chi connectivity index (χ1v) is 9.88. The van der Waals surface area contributed by atoms with E-state index in [9.17, 15) is 24.5 Å². The molecule has 1 aliphatic heterocycles. The summed E-state index contributed by atoms with van der Waals surface area (Å²) < 4.78 is 10.5. The van der Waals surface area contributed by atoms with Crippen molar-refractivity contribution in [3.05, 3.63) is 63.2 Å². The predicted molar refractivity (Wildman–Crippen MR) is 111 cm³/mol. The SMILES string of the molecule is CC(C)OC(=O)CN1C(=O)SC(=Cc2ccc(Oc3ccc([N+](=O)[O-])cn3)cc2)C1=O. The number of hydrogen-bond donors (Lipinski definition) is 0. The molecule has 1 aliphatic rings. The molecular weight excluding hydrogens is 426 g/mol. The van der Waals surface area contributed by atoms with E-state index in [0.29, 0.717) is 11.3 Å². The Bertz CT molecular complexity index is 1050. The average molecular weight is 443 g/mol. The highest BCUT2D eigenvalue weighted by Crippen LogP contribution is 2.32. The van der Waals surface area contributed by atoms with Gasteiger partial charge >= 0.3 is 5.97 Å². The fourth-order valence-corrected chi connectivity index (χ4v) is 3.35. The minimum Gasteiger partial charge on any atom is -0.462 e. The molecule has 1 aromatic carbocycles. The Kier molecular flexibility index (Phi) is 6.65. The highest BCUT2D eigenvalue weighted by Gasteiger charge is 2.36. The van der Waals surface area contributed by atoms with Gasteiger partial charge in [0.25, 0.3) is 16.8 Å². The molecule has 0 N–H and O–H groups in total. The van der Waals surface area contributed by atoms with Gasteiger partial charge in [-0.05, 0) is 49.4 Å². The van der Waals surface area contributed by atoms with Crippen molar-refractivity contribution in [3.8, 4) is 11.6 Å². The van der Waals surface area contributed by atoms with Crippen molar-refractivity contribution in [3.63, 3.8) is 0 Å². The van der Waals surface area contributed by atoms with Crippen LogP contribution in [0.2, 0.25) is 0 Å². The summed E-state index contributed by atoms with van der Waals surface area (Å²) in [5.41, 5.74) is 0.494. The summed E-state index contributed by atoms with van der Waals surface area (Å²) in [6.45, 7) is 2.92. The van der Waals surface area contributed by atoms with Crippen molar-refractivity contribution in [2.75, 3.05) is 6.54 Å². The van der Waals surface area contributed by atoms with Crippen molar-refractivity contribution >= 4 is 40.6 Å². The second-order valence-corrected chi connectivity index (χ2v) is 7.58. The molecule has 160 valence electrons. The summed E-state index contributed by atoms with van der Waals surface area (Å²) >= 11 is 0.742. The Morgan fingerprint density at radius 3 is 2.52 bits per heavy atom. The minimum absolute atomic E-state index is 0.144. The largest absolute Gasteiger partial charge is 0.462 e. The van der Waals surface area contributed by atoms with Gasteiger partial charge in [-0.1, -0.05) is 12.1 Å². The minimum atomic E-state index is -0.653. The predicted octanol–water partition coefficient (Wildman–Crippen LogP) is 3.77. The molecule has 31 heavy (non-hydrogen) atoms. The molecule has 0 aliphatic carbocycles. The third-order valence-electron chi connectivity index (χ3n) is 3.86. The van der Waals surface area contributed by atoms with E-state index in [1.165, 1.54) is 18.2 Å². The van der Waals surface area contributed by atoms with Gasteiger partial charge in [-0.25, -0.2) is 4.98 Å². The summed E-state index contributed by atoms with van der Waals surface area (Å²) in [4.78, 5) is 51.3. The normalized spacial score (nSPS) is 14.9. The van der Waals surface area contributed by atoms with E-state index in [1.54, 1.807) is 38.1 Å². The van der Waals surface area contributed by atoms with Crippen molar-refractivity contribution in [1.82, 2.24) is 9.88 Å². The Hall–Kier alpha value is -3.73. The third kappa shape index (κ3) is 5.66. The van der Waals surface area contributed by atoms with Crippen LogP contribution in [0.3, 0.4) is 0 Å². The van der Waals surface area contributed by atoms with E-state index in [1.807, 2.05) is 0 Å². The molecule has 0 bridgehead atoms. The van der Waals surface area contributed by atoms with Gasteiger partial charge in [0.2, 0.25) is 5.88 Å². The standard InChI is InChI=1S/C20H17N3O7S/c1-12(2)29-18(24)11-22-19(25)16(31-20(22)26)9-13-3-6-15(7-4-13)30-17-8-5-14(10-21-17)23(27)28/h3-10,12H,11H2,1-2H3. The molecule has 1 fully saturated rings. The maximum atomic E-state index is 12.5. The lowest BCUT2D eigenvalue weighted by molar-refractivity contribution is -0.385. The van der Waals surface area contributed by atoms with E-state index in [2.05, 4.69) is 4.98 Å².